The van der Waals surface area contributed by atoms with Crippen LogP contribution in [0.3, 0.4) is 0 Å². The van der Waals surface area contributed by atoms with Crippen LogP contribution in [0.5, 0.6) is 0 Å². The van der Waals surface area contributed by atoms with E-state index in [9.17, 15) is 0 Å². The zero-order valence-electron chi connectivity index (χ0n) is 17.5. The number of rotatable bonds is 6. The van der Waals surface area contributed by atoms with Crippen molar-refractivity contribution < 1.29 is 4.74 Å². The molecule has 0 spiro atoms. The fourth-order valence-corrected chi connectivity index (χ4v) is 4.26. The van der Waals surface area contributed by atoms with Gasteiger partial charge in [-0.25, -0.2) is 4.98 Å². The molecule has 150 valence electrons. The van der Waals surface area contributed by atoms with E-state index in [4.69, 9.17) is 4.98 Å². The highest BCUT2D eigenvalue weighted by atomic mass is 32.1. The van der Waals surface area contributed by atoms with E-state index < -0.39 is 0 Å². The third-order valence-corrected chi connectivity index (χ3v) is 6.18. The Balaban J connectivity index is 0.000000431. The lowest BCUT2D eigenvalue weighted by molar-refractivity contribution is 0.234. The largest absolute Gasteiger partial charge is 0.381 e. The predicted octanol–water partition coefficient (Wildman–Crippen LogP) is 6.00. The minimum absolute atomic E-state index is 0.0803. The summed E-state index contributed by atoms with van der Waals surface area (Å²) >= 11 is 1.66. The first-order chi connectivity index (χ1) is 14.1. The summed E-state index contributed by atoms with van der Waals surface area (Å²) in [5.41, 5.74) is 6.01. The van der Waals surface area contributed by atoms with Crippen LogP contribution in [0.2, 0.25) is 0 Å². The molecule has 0 fully saturated rings. The number of thiazole rings is 1. The molecule has 0 saturated heterocycles. The maximum atomic E-state index is 5.01. The van der Waals surface area contributed by atoms with Gasteiger partial charge in [0, 0.05) is 31.3 Å². The van der Waals surface area contributed by atoms with Gasteiger partial charge in [-0.15, -0.1) is 17.9 Å². The van der Waals surface area contributed by atoms with Crippen LogP contribution in [0.25, 0.3) is 21.1 Å². The molecule has 0 aromatic carbocycles. The quantitative estimate of drug-likeness (QED) is 0.472. The summed E-state index contributed by atoms with van der Waals surface area (Å²) in [6.45, 7) is 10.7. The number of allylic oxidation sites excluding steroid dienone is 2. The maximum Gasteiger partial charge on any atom is 0.125 e. The number of aromatic nitrogens is 3. The van der Waals surface area contributed by atoms with Gasteiger partial charge in [-0.2, -0.15) is 0 Å². The van der Waals surface area contributed by atoms with Crippen LogP contribution in [0, 0.1) is 6.92 Å². The Bertz CT molecular complexity index is 1010. The molecule has 5 heteroatoms. The smallest absolute Gasteiger partial charge is 0.125 e. The number of methoxy groups -OCH3 is 1. The van der Waals surface area contributed by atoms with Crippen LogP contribution in [0.15, 0.2) is 67.2 Å². The van der Waals surface area contributed by atoms with Crippen molar-refractivity contribution in [3.8, 4) is 21.1 Å². The van der Waals surface area contributed by atoms with E-state index in [1.807, 2.05) is 24.5 Å². The molecule has 1 aliphatic carbocycles. The third kappa shape index (κ3) is 4.52. The van der Waals surface area contributed by atoms with Gasteiger partial charge in [-0.1, -0.05) is 30.7 Å². The molecule has 3 aromatic rings. The second kappa shape index (κ2) is 9.25. The zero-order valence-corrected chi connectivity index (χ0v) is 18.3. The first-order valence-electron chi connectivity index (χ1n) is 9.70. The molecular weight excluding hydrogens is 378 g/mol. The molecule has 1 aliphatic rings. The summed E-state index contributed by atoms with van der Waals surface area (Å²) in [7, 11) is 1.64. The molecular formula is C24H27N3OS. The van der Waals surface area contributed by atoms with E-state index in [0.717, 1.165) is 27.6 Å². The molecule has 4 nitrogen and oxygen atoms in total. The number of hydrogen-bond acceptors (Lipinski definition) is 5. The van der Waals surface area contributed by atoms with Gasteiger partial charge in [0.25, 0.3) is 0 Å². The standard InChI is InChI=1S/C20H19N3S.C4H8O/c1-4-20(10-14(20)3)18-13(2)7-8-16(23-18)17-12-22-19(24-17)15-6-5-9-21-11-15;1-3-4-5-2/h5-12H,4H2,1-3H3;3H,1,4H2,2H3. The third-order valence-electron chi connectivity index (χ3n) is 5.11. The number of pyridine rings is 2. The molecule has 0 N–H and O–H groups in total. The highest BCUT2D eigenvalue weighted by molar-refractivity contribution is 7.18. The second-order valence-electron chi connectivity index (χ2n) is 7.03. The van der Waals surface area contributed by atoms with Crippen LogP contribution in [-0.4, -0.2) is 28.7 Å². The number of ether oxygens (including phenoxy) is 1. The topological polar surface area (TPSA) is 47.9 Å². The summed E-state index contributed by atoms with van der Waals surface area (Å²) in [5, 5.41) is 0.980. The van der Waals surface area contributed by atoms with E-state index in [1.54, 1.807) is 30.7 Å². The number of nitrogens with zero attached hydrogens (tertiary/aromatic N) is 3. The predicted molar refractivity (Wildman–Crippen MR) is 121 cm³/mol. The van der Waals surface area contributed by atoms with Crippen LogP contribution in [-0.2, 0) is 10.2 Å². The van der Waals surface area contributed by atoms with E-state index in [-0.39, 0.29) is 5.41 Å². The van der Waals surface area contributed by atoms with E-state index >= 15 is 0 Å². The minimum atomic E-state index is 0.0803. The monoisotopic (exact) mass is 405 g/mol. The molecule has 3 aromatic heterocycles. The van der Waals surface area contributed by atoms with Crippen molar-refractivity contribution in [1.82, 2.24) is 15.0 Å². The van der Waals surface area contributed by atoms with Crippen LogP contribution >= 0.6 is 11.3 Å². The summed E-state index contributed by atoms with van der Waals surface area (Å²) < 4.78 is 4.57. The van der Waals surface area contributed by atoms with Crippen molar-refractivity contribution in [3.05, 3.63) is 78.4 Å². The van der Waals surface area contributed by atoms with Crippen molar-refractivity contribution in [2.75, 3.05) is 13.7 Å². The Labute approximate surface area is 177 Å². The Kier molecular flexibility index (Phi) is 6.72. The minimum Gasteiger partial charge on any atom is -0.381 e. The van der Waals surface area contributed by atoms with Gasteiger partial charge in [0.05, 0.1) is 28.3 Å². The Hall–Kier alpha value is -2.63. The Morgan fingerprint density at radius 3 is 2.55 bits per heavy atom. The van der Waals surface area contributed by atoms with Crippen molar-refractivity contribution in [2.45, 2.75) is 32.6 Å². The fraction of sp³-hybridized carbons (Fsp3) is 0.292. The average molecular weight is 406 g/mol. The van der Waals surface area contributed by atoms with Crippen LogP contribution in [0.4, 0.5) is 0 Å². The lowest BCUT2D eigenvalue weighted by Crippen LogP contribution is -2.14. The molecule has 4 rings (SSSR count). The molecule has 3 heterocycles. The lowest BCUT2D eigenvalue weighted by Gasteiger charge is -2.18. The van der Waals surface area contributed by atoms with Crippen molar-refractivity contribution >= 4 is 11.3 Å². The van der Waals surface area contributed by atoms with Gasteiger partial charge in [0.2, 0.25) is 0 Å². The molecule has 29 heavy (non-hydrogen) atoms. The number of aryl methyl sites for hydroxylation is 1. The van der Waals surface area contributed by atoms with Gasteiger partial charge < -0.3 is 4.74 Å². The Morgan fingerprint density at radius 1 is 1.21 bits per heavy atom. The van der Waals surface area contributed by atoms with E-state index in [1.165, 1.54) is 16.8 Å². The molecule has 0 bridgehead atoms. The van der Waals surface area contributed by atoms with Gasteiger partial charge in [0.15, 0.2) is 0 Å². The first-order valence-corrected chi connectivity index (χ1v) is 10.5. The lowest BCUT2D eigenvalue weighted by atomic mass is 9.89. The highest BCUT2D eigenvalue weighted by Crippen LogP contribution is 2.49. The highest BCUT2D eigenvalue weighted by Gasteiger charge is 2.43. The SMILES string of the molecule is C=CCOC.CCC1(c2nc(-c3cnc(-c4cccnc4)s3)ccc2C)C=C1C. The fourth-order valence-electron chi connectivity index (χ4n) is 3.39. The van der Waals surface area contributed by atoms with Gasteiger partial charge in [-0.3, -0.25) is 9.97 Å². The second-order valence-corrected chi connectivity index (χ2v) is 8.06. The van der Waals surface area contributed by atoms with Gasteiger partial charge in [0.1, 0.15) is 5.01 Å². The number of hydrogen-bond donors (Lipinski definition) is 0. The normalized spacial score (nSPS) is 17.2. The molecule has 0 amide bonds. The zero-order chi connectivity index (χ0) is 20.9. The van der Waals surface area contributed by atoms with Crippen molar-refractivity contribution in [2.24, 2.45) is 0 Å². The van der Waals surface area contributed by atoms with Gasteiger partial charge in [-0.05, 0) is 44.0 Å². The van der Waals surface area contributed by atoms with Crippen LogP contribution in [0.1, 0.15) is 31.5 Å². The molecule has 0 radical (unpaired) electrons. The molecule has 1 atom stereocenters. The Morgan fingerprint density at radius 2 is 2.00 bits per heavy atom. The summed E-state index contributed by atoms with van der Waals surface area (Å²) in [6, 6.07) is 8.25. The molecule has 0 saturated carbocycles. The van der Waals surface area contributed by atoms with E-state index in [2.05, 4.69) is 60.3 Å². The molecule has 1 unspecified atom stereocenters. The van der Waals surface area contributed by atoms with E-state index in [0.29, 0.717) is 6.61 Å². The van der Waals surface area contributed by atoms with Crippen LogP contribution < -0.4 is 0 Å². The molecule has 0 aliphatic heterocycles. The summed E-state index contributed by atoms with van der Waals surface area (Å²) in [6.07, 6.45) is 10.7. The maximum absolute atomic E-state index is 5.01. The van der Waals surface area contributed by atoms with Crippen molar-refractivity contribution in [1.29, 1.82) is 0 Å². The first kappa shape index (κ1) is 21.1. The summed E-state index contributed by atoms with van der Waals surface area (Å²) in [5.74, 6) is 0. The summed E-state index contributed by atoms with van der Waals surface area (Å²) in [4.78, 5) is 14.8. The van der Waals surface area contributed by atoms with Gasteiger partial charge >= 0.3 is 0 Å². The average Bonchev–Trinajstić information content (AvgIpc) is 3.17. The van der Waals surface area contributed by atoms with Crippen molar-refractivity contribution in [3.63, 3.8) is 0 Å².